The van der Waals surface area contributed by atoms with E-state index in [9.17, 15) is 26.4 Å². The average Bonchev–Trinajstić information content (AvgIpc) is 2.72. The quantitative estimate of drug-likeness (QED) is 0.712. The van der Waals surface area contributed by atoms with Gasteiger partial charge < -0.3 is 10.2 Å². The highest BCUT2D eigenvalue weighted by Gasteiger charge is 2.32. The SMILES string of the molecule is CS(=O)(=O)N(CC(=O)Nc1ccc(N2CCCCC2)cc1)c1cccc(C(F)(F)F)c1. The minimum atomic E-state index is -4.63. The molecule has 2 aromatic rings. The molecule has 10 heteroatoms. The second-order valence-corrected chi connectivity index (χ2v) is 9.37. The van der Waals surface area contributed by atoms with Crippen LogP contribution in [0.4, 0.5) is 30.2 Å². The van der Waals surface area contributed by atoms with Gasteiger partial charge in [-0.15, -0.1) is 0 Å². The summed E-state index contributed by atoms with van der Waals surface area (Å²) < 4.78 is 64.0. The summed E-state index contributed by atoms with van der Waals surface area (Å²) in [5.41, 5.74) is 0.294. The van der Waals surface area contributed by atoms with E-state index in [0.717, 1.165) is 50.0 Å². The maximum absolute atomic E-state index is 13.0. The number of hydrogen-bond donors (Lipinski definition) is 1. The number of carbonyl (C=O) groups is 1. The normalized spacial score (nSPS) is 14.9. The zero-order valence-electron chi connectivity index (χ0n) is 17.0. The third-order valence-electron chi connectivity index (χ3n) is 5.02. The molecule has 6 nitrogen and oxygen atoms in total. The number of nitrogens with one attached hydrogen (secondary N) is 1. The number of sulfonamides is 1. The number of amides is 1. The second-order valence-electron chi connectivity index (χ2n) is 7.46. The molecular formula is C21H24F3N3O3S. The lowest BCUT2D eigenvalue weighted by Crippen LogP contribution is -2.37. The van der Waals surface area contributed by atoms with Crippen LogP contribution in [0.5, 0.6) is 0 Å². The first-order chi connectivity index (χ1) is 14.5. The summed E-state index contributed by atoms with van der Waals surface area (Å²) in [6.45, 7) is 1.31. The Morgan fingerprint density at radius 2 is 1.71 bits per heavy atom. The molecule has 3 rings (SSSR count). The molecule has 1 aliphatic rings. The summed E-state index contributed by atoms with van der Waals surface area (Å²) in [5, 5.41) is 2.60. The van der Waals surface area contributed by atoms with E-state index in [2.05, 4.69) is 10.2 Å². The zero-order valence-corrected chi connectivity index (χ0v) is 17.8. The van der Waals surface area contributed by atoms with Crippen molar-refractivity contribution < 1.29 is 26.4 Å². The predicted molar refractivity (Wildman–Crippen MR) is 115 cm³/mol. The Morgan fingerprint density at radius 1 is 1.06 bits per heavy atom. The number of piperidine rings is 1. The van der Waals surface area contributed by atoms with Crippen LogP contribution in [0.3, 0.4) is 0 Å². The van der Waals surface area contributed by atoms with Gasteiger partial charge in [0.25, 0.3) is 0 Å². The predicted octanol–water partition coefficient (Wildman–Crippen LogP) is 4.10. The molecule has 1 heterocycles. The van der Waals surface area contributed by atoms with Gasteiger partial charge in [-0.1, -0.05) is 6.07 Å². The molecule has 0 atom stereocenters. The van der Waals surface area contributed by atoms with Gasteiger partial charge in [-0.2, -0.15) is 13.2 Å². The van der Waals surface area contributed by atoms with Crippen LogP contribution in [0.25, 0.3) is 0 Å². The molecule has 168 valence electrons. The Morgan fingerprint density at radius 3 is 2.29 bits per heavy atom. The lowest BCUT2D eigenvalue weighted by atomic mass is 10.1. The molecule has 0 unspecified atom stereocenters. The Balaban J connectivity index is 1.72. The molecule has 0 saturated carbocycles. The standard InChI is InChI=1S/C21H24F3N3O3S/c1-31(29,30)27(19-7-5-6-16(14-19)21(22,23)24)15-20(28)25-17-8-10-18(11-9-17)26-12-3-2-4-13-26/h5-11,14H,2-4,12-13,15H2,1H3,(H,25,28). The van der Waals surface area contributed by atoms with Gasteiger partial charge in [0.15, 0.2) is 0 Å². The number of nitrogens with zero attached hydrogens (tertiary/aromatic N) is 2. The number of carbonyl (C=O) groups excluding carboxylic acids is 1. The van der Waals surface area contributed by atoms with E-state index in [1.807, 2.05) is 12.1 Å². The molecule has 1 N–H and O–H groups in total. The molecule has 1 amide bonds. The molecule has 1 fully saturated rings. The molecule has 0 bridgehead atoms. The minimum absolute atomic E-state index is 0.229. The average molecular weight is 456 g/mol. The largest absolute Gasteiger partial charge is 0.416 e. The van der Waals surface area contributed by atoms with Crippen LogP contribution in [0.1, 0.15) is 24.8 Å². The number of alkyl halides is 3. The van der Waals surface area contributed by atoms with E-state index in [-0.39, 0.29) is 5.69 Å². The number of rotatable bonds is 6. The smallest absolute Gasteiger partial charge is 0.372 e. The third kappa shape index (κ3) is 6.13. The van der Waals surface area contributed by atoms with Gasteiger partial charge in [0, 0.05) is 24.5 Å². The Hall–Kier alpha value is -2.75. The summed E-state index contributed by atoms with van der Waals surface area (Å²) >= 11 is 0. The van der Waals surface area contributed by atoms with Crippen molar-refractivity contribution >= 4 is 33.0 Å². The number of hydrogen-bond acceptors (Lipinski definition) is 4. The highest BCUT2D eigenvalue weighted by atomic mass is 32.2. The monoisotopic (exact) mass is 455 g/mol. The molecule has 2 aromatic carbocycles. The Bertz CT molecular complexity index is 1020. The van der Waals surface area contributed by atoms with Crippen molar-refractivity contribution in [1.82, 2.24) is 0 Å². The lowest BCUT2D eigenvalue weighted by molar-refractivity contribution is -0.137. The van der Waals surface area contributed by atoms with E-state index < -0.39 is 34.2 Å². The molecule has 0 spiro atoms. The number of anilines is 3. The fourth-order valence-corrected chi connectivity index (χ4v) is 4.32. The fraction of sp³-hybridized carbons (Fsp3) is 0.381. The molecular weight excluding hydrogens is 431 g/mol. The van der Waals surface area contributed by atoms with Crippen molar-refractivity contribution in [2.75, 3.05) is 40.4 Å². The van der Waals surface area contributed by atoms with Crippen LogP contribution in [0, 0.1) is 0 Å². The minimum Gasteiger partial charge on any atom is -0.372 e. The maximum Gasteiger partial charge on any atom is 0.416 e. The fourth-order valence-electron chi connectivity index (χ4n) is 3.48. The van der Waals surface area contributed by atoms with Crippen LogP contribution in [-0.2, 0) is 21.0 Å². The summed E-state index contributed by atoms with van der Waals surface area (Å²) in [6, 6.07) is 11.1. The molecule has 31 heavy (non-hydrogen) atoms. The summed E-state index contributed by atoms with van der Waals surface area (Å²) in [7, 11) is -3.99. The van der Waals surface area contributed by atoms with Gasteiger partial charge in [0.05, 0.1) is 17.5 Å². The van der Waals surface area contributed by atoms with Crippen molar-refractivity contribution in [1.29, 1.82) is 0 Å². The van der Waals surface area contributed by atoms with Gasteiger partial charge in [-0.3, -0.25) is 9.10 Å². The summed E-state index contributed by atoms with van der Waals surface area (Å²) in [4.78, 5) is 14.7. The molecule has 0 aliphatic carbocycles. The lowest BCUT2D eigenvalue weighted by Gasteiger charge is -2.29. The molecule has 1 saturated heterocycles. The van der Waals surface area contributed by atoms with Gasteiger partial charge in [0.2, 0.25) is 15.9 Å². The van der Waals surface area contributed by atoms with E-state index in [1.165, 1.54) is 12.5 Å². The van der Waals surface area contributed by atoms with Gasteiger partial charge in [0.1, 0.15) is 6.54 Å². The first-order valence-electron chi connectivity index (χ1n) is 9.84. The first kappa shape index (κ1) is 22.9. The second kappa shape index (κ2) is 9.17. The van der Waals surface area contributed by atoms with Crippen LogP contribution in [0.15, 0.2) is 48.5 Å². The van der Waals surface area contributed by atoms with Crippen molar-refractivity contribution in [2.45, 2.75) is 25.4 Å². The summed E-state index contributed by atoms with van der Waals surface area (Å²) in [6.07, 6.45) is -0.302. The Kier molecular flexibility index (Phi) is 6.78. The van der Waals surface area contributed by atoms with Crippen LogP contribution < -0.4 is 14.5 Å². The molecule has 0 radical (unpaired) electrons. The summed E-state index contributed by atoms with van der Waals surface area (Å²) in [5.74, 6) is -0.659. The highest BCUT2D eigenvalue weighted by molar-refractivity contribution is 7.92. The third-order valence-corrected chi connectivity index (χ3v) is 6.16. The van der Waals surface area contributed by atoms with Crippen molar-refractivity contribution in [3.8, 4) is 0 Å². The van der Waals surface area contributed by atoms with E-state index in [0.29, 0.717) is 16.1 Å². The first-order valence-corrected chi connectivity index (χ1v) is 11.7. The number of benzene rings is 2. The van der Waals surface area contributed by atoms with Gasteiger partial charge in [-0.05, 0) is 61.7 Å². The highest BCUT2D eigenvalue weighted by Crippen LogP contribution is 2.32. The van der Waals surface area contributed by atoms with Crippen LogP contribution in [0.2, 0.25) is 0 Å². The van der Waals surface area contributed by atoms with Crippen molar-refractivity contribution in [3.63, 3.8) is 0 Å². The number of halogens is 3. The van der Waals surface area contributed by atoms with Crippen molar-refractivity contribution in [3.05, 3.63) is 54.1 Å². The maximum atomic E-state index is 13.0. The van der Waals surface area contributed by atoms with Gasteiger partial charge >= 0.3 is 6.18 Å². The van der Waals surface area contributed by atoms with Crippen LogP contribution in [-0.4, -0.2) is 40.2 Å². The van der Waals surface area contributed by atoms with E-state index in [4.69, 9.17) is 0 Å². The molecule has 1 aliphatic heterocycles. The van der Waals surface area contributed by atoms with E-state index in [1.54, 1.807) is 12.1 Å². The van der Waals surface area contributed by atoms with E-state index >= 15 is 0 Å². The topological polar surface area (TPSA) is 69.7 Å². The van der Waals surface area contributed by atoms with Gasteiger partial charge in [-0.25, -0.2) is 8.42 Å². The van der Waals surface area contributed by atoms with Crippen molar-refractivity contribution in [2.24, 2.45) is 0 Å². The zero-order chi connectivity index (χ0) is 22.6. The Labute approximate surface area is 179 Å². The van der Waals surface area contributed by atoms with Crippen LogP contribution >= 0.6 is 0 Å². The molecule has 0 aromatic heterocycles.